The van der Waals surface area contributed by atoms with Crippen LogP contribution in [0.4, 0.5) is 0 Å². The van der Waals surface area contributed by atoms with Gasteiger partial charge in [-0.05, 0) is 37.8 Å². The Kier molecular flexibility index (Phi) is 6.06. The molecule has 0 radical (unpaired) electrons. The lowest BCUT2D eigenvalue weighted by atomic mass is 10.1. The summed E-state index contributed by atoms with van der Waals surface area (Å²) in [5, 5.41) is 0. The van der Waals surface area contributed by atoms with Crippen molar-refractivity contribution in [3.05, 3.63) is 35.9 Å². The number of aryl methyl sites for hydroxylation is 1. The highest BCUT2D eigenvalue weighted by atomic mass is 16.5. The largest absolute Gasteiger partial charge is 0.468 e. The number of hydrogen-bond donors (Lipinski definition) is 0. The molecule has 0 N–H and O–H groups in total. The molecule has 2 rings (SSSR count). The van der Waals surface area contributed by atoms with Crippen LogP contribution >= 0.6 is 0 Å². The molecule has 110 valence electrons. The standard InChI is InChI=1S/C17H25NO2/c1-20-17(19)14-18(16-11-5-6-12-16)13-7-10-15-8-3-2-4-9-15/h2-4,8-9,16H,5-7,10-14H2,1H3. The zero-order valence-corrected chi connectivity index (χ0v) is 12.4. The summed E-state index contributed by atoms with van der Waals surface area (Å²) in [6.45, 7) is 1.42. The summed E-state index contributed by atoms with van der Waals surface area (Å²) in [4.78, 5) is 13.9. The molecule has 0 bridgehead atoms. The summed E-state index contributed by atoms with van der Waals surface area (Å²) in [7, 11) is 1.47. The predicted octanol–water partition coefficient (Wildman–Crippen LogP) is 3.04. The average Bonchev–Trinajstić information content (AvgIpc) is 3.01. The summed E-state index contributed by atoms with van der Waals surface area (Å²) in [6, 6.07) is 11.1. The van der Waals surface area contributed by atoms with E-state index in [4.69, 9.17) is 4.74 Å². The number of benzene rings is 1. The van der Waals surface area contributed by atoms with E-state index < -0.39 is 0 Å². The van der Waals surface area contributed by atoms with E-state index in [0.717, 1.165) is 19.4 Å². The van der Waals surface area contributed by atoms with Crippen LogP contribution in [0, 0.1) is 0 Å². The maximum Gasteiger partial charge on any atom is 0.319 e. The van der Waals surface area contributed by atoms with E-state index in [1.165, 1.54) is 38.4 Å². The minimum absolute atomic E-state index is 0.114. The van der Waals surface area contributed by atoms with E-state index in [0.29, 0.717) is 12.6 Å². The number of carbonyl (C=O) groups excluding carboxylic acids is 1. The van der Waals surface area contributed by atoms with Crippen LogP contribution in [0.1, 0.15) is 37.7 Å². The zero-order chi connectivity index (χ0) is 14.2. The van der Waals surface area contributed by atoms with Gasteiger partial charge in [0.05, 0.1) is 13.7 Å². The van der Waals surface area contributed by atoms with Crippen molar-refractivity contribution >= 4 is 5.97 Å². The van der Waals surface area contributed by atoms with E-state index in [-0.39, 0.29) is 5.97 Å². The second-order valence-electron chi connectivity index (χ2n) is 5.57. The fourth-order valence-corrected chi connectivity index (χ4v) is 3.02. The first-order chi connectivity index (χ1) is 9.79. The smallest absolute Gasteiger partial charge is 0.319 e. The third-order valence-corrected chi connectivity index (χ3v) is 4.15. The Labute approximate surface area is 121 Å². The highest BCUT2D eigenvalue weighted by molar-refractivity contribution is 5.71. The zero-order valence-electron chi connectivity index (χ0n) is 12.4. The van der Waals surface area contributed by atoms with Gasteiger partial charge < -0.3 is 4.74 Å². The maximum atomic E-state index is 11.5. The van der Waals surface area contributed by atoms with Gasteiger partial charge >= 0.3 is 5.97 Å². The molecule has 0 amide bonds. The van der Waals surface area contributed by atoms with Crippen molar-refractivity contribution in [3.63, 3.8) is 0 Å². The fourth-order valence-electron chi connectivity index (χ4n) is 3.02. The molecule has 1 aromatic rings. The Morgan fingerprint density at radius 2 is 1.95 bits per heavy atom. The van der Waals surface area contributed by atoms with Crippen molar-refractivity contribution in [2.24, 2.45) is 0 Å². The van der Waals surface area contributed by atoms with Crippen molar-refractivity contribution in [3.8, 4) is 0 Å². The average molecular weight is 275 g/mol. The van der Waals surface area contributed by atoms with E-state index in [1.54, 1.807) is 0 Å². The molecular weight excluding hydrogens is 250 g/mol. The number of esters is 1. The highest BCUT2D eigenvalue weighted by Gasteiger charge is 2.24. The van der Waals surface area contributed by atoms with Crippen LogP contribution in [0.3, 0.4) is 0 Å². The van der Waals surface area contributed by atoms with Crippen molar-refractivity contribution in [1.29, 1.82) is 0 Å². The van der Waals surface area contributed by atoms with Crippen molar-refractivity contribution in [1.82, 2.24) is 4.90 Å². The van der Waals surface area contributed by atoms with Gasteiger partial charge in [-0.3, -0.25) is 9.69 Å². The van der Waals surface area contributed by atoms with Crippen LogP contribution in [0.2, 0.25) is 0 Å². The van der Waals surface area contributed by atoms with Crippen LogP contribution in [-0.2, 0) is 16.0 Å². The molecule has 20 heavy (non-hydrogen) atoms. The van der Waals surface area contributed by atoms with Gasteiger partial charge in [-0.1, -0.05) is 43.2 Å². The Hall–Kier alpha value is -1.35. The Morgan fingerprint density at radius 1 is 1.25 bits per heavy atom. The van der Waals surface area contributed by atoms with Crippen LogP contribution in [0.15, 0.2) is 30.3 Å². The van der Waals surface area contributed by atoms with E-state index >= 15 is 0 Å². The minimum atomic E-state index is -0.114. The molecule has 0 atom stereocenters. The van der Waals surface area contributed by atoms with Gasteiger partial charge in [-0.2, -0.15) is 0 Å². The summed E-state index contributed by atoms with van der Waals surface area (Å²) < 4.78 is 4.82. The lowest BCUT2D eigenvalue weighted by Crippen LogP contribution is -2.38. The lowest BCUT2D eigenvalue weighted by Gasteiger charge is -2.27. The molecule has 1 aromatic carbocycles. The Morgan fingerprint density at radius 3 is 2.60 bits per heavy atom. The number of nitrogens with zero attached hydrogens (tertiary/aromatic N) is 1. The van der Waals surface area contributed by atoms with Crippen LogP contribution in [-0.4, -0.2) is 37.1 Å². The number of carbonyl (C=O) groups is 1. The van der Waals surface area contributed by atoms with Gasteiger partial charge in [-0.25, -0.2) is 0 Å². The molecule has 3 nitrogen and oxygen atoms in total. The van der Waals surface area contributed by atoms with Crippen molar-refractivity contribution in [2.75, 3.05) is 20.2 Å². The van der Waals surface area contributed by atoms with Crippen molar-refractivity contribution < 1.29 is 9.53 Å². The molecule has 1 fully saturated rings. The first-order valence-corrected chi connectivity index (χ1v) is 7.64. The molecule has 0 aromatic heterocycles. The molecule has 1 aliphatic rings. The molecule has 0 heterocycles. The SMILES string of the molecule is COC(=O)CN(CCCc1ccccc1)C1CCCC1. The highest BCUT2D eigenvalue weighted by Crippen LogP contribution is 2.23. The quantitative estimate of drug-likeness (QED) is 0.716. The van der Waals surface area contributed by atoms with E-state index in [1.807, 2.05) is 6.07 Å². The van der Waals surface area contributed by atoms with Gasteiger partial charge in [0.1, 0.15) is 0 Å². The summed E-state index contributed by atoms with van der Waals surface area (Å²) >= 11 is 0. The normalized spacial score (nSPS) is 15.7. The third kappa shape index (κ3) is 4.64. The second-order valence-corrected chi connectivity index (χ2v) is 5.57. The summed E-state index contributed by atoms with van der Waals surface area (Å²) in [5.41, 5.74) is 1.37. The van der Waals surface area contributed by atoms with Gasteiger partial charge in [0, 0.05) is 6.04 Å². The Bertz CT molecular complexity index is 399. The molecule has 3 heteroatoms. The molecule has 0 saturated heterocycles. The topological polar surface area (TPSA) is 29.5 Å². The second kappa shape index (κ2) is 8.05. The van der Waals surface area contributed by atoms with Crippen molar-refractivity contribution in [2.45, 2.75) is 44.6 Å². The lowest BCUT2D eigenvalue weighted by molar-refractivity contribution is -0.142. The third-order valence-electron chi connectivity index (χ3n) is 4.15. The number of hydrogen-bond acceptors (Lipinski definition) is 3. The van der Waals surface area contributed by atoms with Crippen LogP contribution < -0.4 is 0 Å². The van der Waals surface area contributed by atoms with E-state index in [9.17, 15) is 4.79 Å². The molecule has 0 aliphatic heterocycles. The minimum Gasteiger partial charge on any atom is -0.468 e. The summed E-state index contributed by atoms with van der Waals surface area (Å²) in [6.07, 6.45) is 7.20. The number of methoxy groups -OCH3 is 1. The van der Waals surface area contributed by atoms with Crippen LogP contribution in [0.25, 0.3) is 0 Å². The maximum absolute atomic E-state index is 11.5. The first-order valence-electron chi connectivity index (χ1n) is 7.64. The monoisotopic (exact) mass is 275 g/mol. The number of ether oxygens (including phenoxy) is 1. The molecule has 1 aliphatic carbocycles. The van der Waals surface area contributed by atoms with E-state index in [2.05, 4.69) is 29.2 Å². The van der Waals surface area contributed by atoms with Crippen LogP contribution in [0.5, 0.6) is 0 Å². The number of rotatable bonds is 7. The van der Waals surface area contributed by atoms with Gasteiger partial charge in [-0.15, -0.1) is 0 Å². The molecule has 0 unspecified atom stereocenters. The Balaban J connectivity index is 1.82. The van der Waals surface area contributed by atoms with Gasteiger partial charge in [0.2, 0.25) is 0 Å². The first kappa shape index (κ1) is 15.0. The predicted molar refractivity (Wildman–Crippen MR) is 80.6 cm³/mol. The van der Waals surface area contributed by atoms with Gasteiger partial charge in [0.25, 0.3) is 0 Å². The fraction of sp³-hybridized carbons (Fsp3) is 0.588. The molecular formula is C17H25NO2. The molecule has 0 spiro atoms. The summed E-state index contributed by atoms with van der Waals surface area (Å²) in [5.74, 6) is -0.114. The van der Waals surface area contributed by atoms with Gasteiger partial charge in [0.15, 0.2) is 0 Å². The molecule has 1 saturated carbocycles.